The molecule has 0 heterocycles. The number of carbonyl (C=O) groups is 2. The lowest BCUT2D eigenvalue weighted by atomic mass is 10.1. The van der Waals surface area contributed by atoms with Crippen molar-refractivity contribution in [2.24, 2.45) is 11.7 Å². The van der Waals surface area contributed by atoms with Gasteiger partial charge in [0.2, 0.25) is 11.8 Å². The Morgan fingerprint density at radius 2 is 1.64 bits per heavy atom. The molecule has 124 valence electrons. The minimum atomic E-state index is -0.708. The molecule has 1 rings (SSSR count). The Balaban J connectivity index is 0.00000441. The Kier molecular flexibility index (Phi) is 9.40. The predicted octanol–water partition coefficient (Wildman–Crippen LogP) is 2.01. The van der Waals surface area contributed by atoms with Crippen LogP contribution < -0.4 is 16.4 Å². The van der Waals surface area contributed by atoms with E-state index in [1.54, 1.807) is 24.3 Å². The molecule has 1 aromatic rings. The summed E-state index contributed by atoms with van der Waals surface area (Å²) in [5, 5.41) is 5.48. The number of amides is 2. The molecule has 0 fully saturated rings. The number of hydrogen-bond acceptors (Lipinski definition) is 4. The van der Waals surface area contributed by atoms with Gasteiger partial charge in [-0.1, -0.05) is 13.8 Å². The Hall–Kier alpha value is -1.63. The highest BCUT2D eigenvalue weighted by Crippen LogP contribution is 2.14. The van der Waals surface area contributed by atoms with Crippen LogP contribution in [0.1, 0.15) is 20.3 Å². The van der Waals surface area contributed by atoms with E-state index in [1.807, 2.05) is 13.8 Å². The molecule has 0 radical (unpaired) electrons. The maximum Gasteiger partial charge on any atom is 0.243 e. The summed E-state index contributed by atoms with van der Waals surface area (Å²) in [6.07, 6.45) is 0.477. The minimum Gasteiger partial charge on any atom is -0.383 e. The monoisotopic (exact) mass is 329 g/mol. The number of benzene rings is 1. The van der Waals surface area contributed by atoms with E-state index < -0.39 is 6.04 Å². The Bertz CT molecular complexity index is 477. The third-order valence-electron chi connectivity index (χ3n) is 2.71. The zero-order chi connectivity index (χ0) is 15.8. The lowest BCUT2D eigenvalue weighted by Gasteiger charge is -2.12. The summed E-state index contributed by atoms with van der Waals surface area (Å²) in [4.78, 5) is 23.3. The lowest BCUT2D eigenvalue weighted by Crippen LogP contribution is -2.39. The Morgan fingerprint density at radius 1 is 1.14 bits per heavy atom. The molecule has 22 heavy (non-hydrogen) atoms. The molecule has 6 nitrogen and oxygen atoms in total. The van der Waals surface area contributed by atoms with Crippen molar-refractivity contribution in [3.8, 4) is 0 Å². The number of hydrogen-bond donors (Lipinski definition) is 3. The van der Waals surface area contributed by atoms with Gasteiger partial charge in [0.25, 0.3) is 0 Å². The van der Waals surface area contributed by atoms with Crippen LogP contribution in [0.25, 0.3) is 0 Å². The largest absolute Gasteiger partial charge is 0.383 e. The SMILES string of the molecule is COCC(N)C(=O)Nc1ccc(NC(=O)CC(C)C)cc1.Cl. The van der Waals surface area contributed by atoms with Gasteiger partial charge in [0.1, 0.15) is 6.04 Å². The molecule has 0 saturated carbocycles. The number of nitrogens with one attached hydrogen (secondary N) is 2. The summed E-state index contributed by atoms with van der Waals surface area (Å²) in [6, 6.07) is 6.18. The standard InChI is InChI=1S/C15H23N3O3.ClH/c1-10(2)8-14(19)17-11-4-6-12(7-5-11)18-15(20)13(16)9-21-3;/h4-7,10,13H,8-9,16H2,1-3H3,(H,17,19)(H,18,20);1H. The van der Waals surface area contributed by atoms with Gasteiger partial charge in [-0.3, -0.25) is 9.59 Å². The molecule has 0 aliphatic rings. The van der Waals surface area contributed by atoms with Gasteiger partial charge < -0.3 is 21.1 Å². The van der Waals surface area contributed by atoms with Gasteiger partial charge in [-0.05, 0) is 30.2 Å². The van der Waals surface area contributed by atoms with Crippen LogP contribution in [-0.4, -0.2) is 31.6 Å². The zero-order valence-electron chi connectivity index (χ0n) is 13.1. The van der Waals surface area contributed by atoms with Crippen LogP contribution in [0.4, 0.5) is 11.4 Å². The number of methoxy groups -OCH3 is 1. The number of carbonyl (C=O) groups excluding carboxylic acids is 2. The number of nitrogens with two attached hydrogens (primary N) is 1. The van der Waals surface area contributed by atoms with Crippen molar-refractivity contribution in [2.75, 3.05) is 24.4 Å². The Labute approximate surface area is 137 Å². The third-order valence-corrected chi connectivity index (χ3v) is 2.71. The van der Waals surface area contributed by atoms with Gasteiger partial charge in [0, 0.05) is 24.9 Å². The second-order valence-electron chi connectivity index (χ2n) is 5.27. The van der Waals surface area contributed by atoms with Gasteiger partial charge >= 0.3 is 0 Å². The molecule has 1 aromatic carbocycles. The average Bonchev–Trinajstić information content (AvgIpc) is 2.40. The van der Waals surface area contributed by atoms with Gasteiger partial charge in [0.15, 0.2) is 0 Å². The van der Waals surface area contributed by atoms with Crippen LogP contribution >= 0.6 is 12.4 Å². The van der Waals surface area contributed by atoms with Crippen LogP contribution in [0.5, 0.6) is 0 Å². The average molecular weight is 330 g/mol. The Morgan fingerprint density at radius 3 is 2.09 bits per heavy atom. The van der Waals surface area contributed by atoms with E-state index in [2.05, 4.69) is 10.6 Å². The first kappa shape index (κ1) is 20.4. The zero-order valence-corrected chi connectivity index (χ0v) is 13.9. The molecule has 0 bridgehead atoms. The summed E-state index contributed by atoms with van der Waals surface area (Å²) < 4.78 is 4.82. The van der Waals surface area contributed by atoms with E-state index in [9.17, 15) is 9.59 Å². The summed E-state index contributed by atoms with van der Waals surface area (Å²) in [5.74, 6) is -0.0248. The van der Waals surface area contributed by atoms with Crippen molar-refractivity contribution in [2.45, 2.75) is 26.3 Å². The molecule has 7 heteroatoms. The first-order chi connectivity index (χ1) is 9.92. The maximum atomic E-state index is 11.7. The van der Waals surface area contributed by atoms with Gasteiger partial charge in [-0.15, -0.1) is 12.4 Å². The highest BCUT2D eigenvalue weighted by atomic mass is 35.5. The normalized spacial score (nSPS) is 11.5. The predicted molar refractivity (Wildman–Crippen MR) is 90.3 cm³/mol. The van der Waals surface area contributed by atoms with Crippen LogP contribution in [-0.2, 0) is 14.3 Å². The second-order valence-corrected chi connectivity index (χ2v) is 5.27. The highest BCUT2D eigenvalue weighted by Gasteiger charge is 2.13. The van der Waals surface area contributed by atoms with E-state index >= 15 is 0 Å². The topological polar surface area (TPSA) is 93.4 Å². The molecular formula is C15H24ClN3O3. The van der Waals surface area contributed by atoms with Crippen LogP contribution in [0.15, 0.2) is 24.3 Å². The summed E-state index contributed by atoms with van der Waals surface area (Å²) in [7, 11) is 1.49. The number of halogens is 1. The smallest absolute Gasteiger partial charge is 0.243 e. The quantitative estimate of drug-likeness (QED) is 0.713. The molecule has 0 aliphatic heterocycles. The van der Waals surface area contributed by atoms with Gasteiger partial charge in [-0.2, -0.15) is 0 Å². The number of ether oxygens (including phenoxy) is 1. The van der Waals surface area contributed by atoms with Crippen LogP contribution in [0.3, 0.4) is 0 Å². The molecule has 0 aromatic heterocycles. The van der Waals surface area contributed by atoms with Crippen molar-refractivity contribution in [1.29, 1.82) is 0 Å². The fourth-order valence-electron chi connectivity index (χ4n) is 1.71. The lowest BCUT2D eigenvalue weighted by molar-refractivity contribution is -0.118. The first-order valence-corrected chi connectivity index (χ1v) is 6.87. The van der Waals surface area contributed by atoms with Crippen molar-refractivity contribution in [3.63, 3.8) is 0 Å². The molecule has 0 spiro atoms. The van der Waals surface area contributed by atoms with Gasteiger partial charge in [-0.25, -0.2) is 0 Å². The van der Waals surface area contributed by atoms with E-state index in [0.29, 0.717) is 23.7 Å². The number of anilines is 2. The summed E-state index contributed by atoms with van der Waals surface area (Å²) in [6.45, 7) is 4.14. The van der Waals surface area contributed by atoms with E-state index in [0.717, 1.165) is 0 Å². The molecule has 1 unspecified atom stereocenters. The van der Waals surface area contributed by atoms with Crippen molar-refractivity contribution in [3.05, 3.63) is 24.3 Å². The summed E-state index contributed by atoms with van der Waals surface area (Å²) >= 11 is 0. The minimum absolute atomic E-state index is 0. The molecule has 1 atom stereocenters. The molecule has 0 saturated heterocycles. The van der Waals surface area contributed by atoms with E-state index in [4.69, 9.17) is 10.5 Å². The fourth-order valence-corrected chi connectivity index (χ4v) is 1.71. The highest BCUT2D eigenvalue weighted by molar-refractivity contribution is 5.95. The first-order valence-electron chi connectivity index (χ1n) is 6.87. The molecule has 2 amide bonds. The fraction of sp³-hybridized carbons (Fsp3) is 0.467. The van der Waals surface area contributed by atoms with Crippen LogP contribution in [0.2, 0.25) is 0 Å². The number of rotatable bonds is 7. The van der Waals surface area contributed by atoms with Crippen LogP contribution in [0, 0.1) is 5.92 Å². The van der Waals surface area contributed by atoms with E-state index in [-0.39, 0.29) is 30.8 Å². The van der Waals surface area contributed by atoms with Crippen molar-refractivity contribution >= 4 is 35.6 Å². The maximum absolute atomic E-state index is 11.7. The summed E-state index contributed by atoms with van der Waals surface area (Å²) in [5.41, 5.74) is 6.94. The van der Waals surface area contributed by atoms with Gasteiger partial charge in [0.05, 0.1) is 6.61 Å². The molecular weight excluding hydrogens is 306 g/mol. The molecule has 0 aliphatic carbocycles. The van der Waals surface area contributed by atoms with E-state index in [1.165, 1.54) is 7.11 Å². The second kappa shape index (κ2) is 10.2. The van der Waals surface area contributed by atoms with Crippen molar-refractivity contribution in [1.82, 2.24) is 0 Å². The van der Waals surface area contributed by atoms with Crippen molar-refractivity contribution < 1.29 is 14.3 Å². The third kappa shape index (κ3) is 7.40. The molecule has 4 N–H and O–H groups in total.